The summed E-state index contributed by atoms with van der Waals surface area (Å²) in [6.07, 6.45) is 2.51. The maximum Gasteiger partial charge on any atom is 0.277 e. The first-order chi connectivity index (χ1) is 9.70. The van der Waals surface area contributed by atoms with Crippen LogP contribution >= 0.6 is 0 Å². The van der Waals surface area contributed by atoms with Crippen molar-refractivity contribution in [3.05, 3.63) is 36.4 Å². The van der Waals surface area contributed by atoms with Crippen LogP contribution in [0.2, 0.25) is 0 Å². The van der Waals surface area contributed by atoms with Crippen molar-refractivity contribution in [3.8, 4) is 0 Å². The number of aliphatic hydroxyl groups is 1. The monoisotopic (exact) mass is 273 g/mol. The first kappa shape index (κ1) is 12.4. The van der Waals surface area contributed by atoms with E-state index in [1.165, 1.54) is 12.5 Å². The number of anilines is 1. The van der Waals surface area contributed by atoms with Gasteiger partial charge in [0, 0.05) is 6.08 Å². The van der Waals surface area contributed by atoms with Gasteiger partial charge in [0.05, 0.1) is 18.8 Å². The van der Waals surface area contributed by atoms with Crippen molar-refractivity contribution in [2.24, 2.45) is 0 Å². The number of β-amino-alcohol motifs (C(OH)–C–C–N with tert-alkyl or cyclic N) is 1. The van der Waals surface area contributed by atoms with E-state index in [-0.39, 0.29) is 18.8 Å². The number of aromatic nitrogens is 1. The zero-order valence-electron chi connectivity index (χ0n) is 10.4. The molecule has 2 N–H and O–H groups in total. The number of carbonyl (C=O) groups is 2. The Morgan fingerprint density at radius 3 is 3.00 bits per heavy atom. The Bertz CT molecular complexity index is 719. The van der Waals surface area contributed by atoms with Crippen LogP contribution in [0, 0.1) is 0 Å². The Labute approximate surface area is 113 Å². The SMILES string of the molecule is O=C1C=C(Nc2cccc3ocnc23)C(=O)N1CCO. The molecular weight excluding hydrogens is 262 g/mol. The molecule has 2 heterocycles. The number of nitrogens with one attached hydrogen (secondary N) is 1. The lowest BCUT2D eigenvalue weighted by atomic mass is 10.2. The van der Waals surface area contributed by atoms with Crippen molar-refractivity contribution in [1.82, 2.24) is 9.88 Å². The van der Waals surface area contributed by atoms with E-state index in [0.29, 0.717) is 16.8 Å². The summed E-state index contributed by atoms with van der Waals surface area (Å²) in [6.45, 7) is -0.287. The maximum atomic E-state index is 12.0. The van der Waals surface area contributed by atoms with E-state index in [1.807, 2.05) is 0 Å². The lowest BCUT2D eigenvalue weighted by molar-refractivity contribution is -0.137. The molecule has 0 aliphatic carbocycles. The third-order valence-corrected chi connectivity index (χ3v) is 2.96. The van der Waals surface area contributed by atoms with Gasteiger partial charge in [-0.3, -0.25) is 14.5 Å². The number of carbonyl (C=O) groups excluding carboxylic acids is 2. The van der Waals surface area contributed by atoms with E-state index in [1.54, 1.807) is 18.2 Å². The fraction of sp³-hybridized carbons (Fsp3) is 0.154. The number of rotatable bonds is 4. The van der Waals surface area contributed by atoms with Gasteiger partial charge in [0.15, 0.2) is 12.0 Å². The number of hydrogen-bond acceptors (Lipinski definition) is 6. The highest BCUT2D eigenvalue weighted by molar-refractivity contribution is 6.17. The van der Waals surface area contributed by atoms with Crippen LogP contribution in [0.15, 0.2) is 40.8 Å². The van der Waals surface area contributed by atoms with Gasteiger partial charge in [-0.25, -0.2) is 4.98 Å². The standard InChI is InChI=1S/C13H11N3O4/c17-5-4-16-11(18)6-9(13(16)19)15-8-2-1-3-10-12(8)14-7-20-10/h1-3,6-7,15,17H,4-5H2. The molecular formula is C13H11N3O4. The molecule has 2 aromatic rings. The number of hydrogen-bond donors (Lipinski definition) is 2. The van der Waals surface area contributed by atoms with Crippen LogP contribution in [-0.4, -0.2) is 40.0 Å². The number of nitrogens with zero attached hydrogens (tertiary/aromatic N) is 2. The molecule has 0 saturated heterocycles. The molecule has 0 atom stereocenters. The lowest BCUT2D eigenvalue weighted by Crippen LogP contribution is -2.34. The minimum atomic E-state index is -0.468. The third-order valence-electron chi connectivity index (χ3n) is 2.96. The Hall–Kier alpha value is -2.67. The van der Waals surface area contributed by atoms with Crippen LogP contribution in [0.25, 0.3) is 11.1 Å². The number of imide groups is 1. The molecule has 1 aliphatic heterocycles. The summed E-state index contributed by atoms with van der Waals surface area (Å²) in [7, 11) is 0. The summed E-state index contributed by atoms with van der Waals surface area (Å²) in [5.74, 6) is -0.913. The normalized spacial score (nSPS) is 15.1. The Morgan fingerprint density at radius 1 is 1.35 bits per heavy atom. The molecule has 0 fully saturated rings. The smallest absolute Gasteiger partial charge is 0.277 e. The molecule has 0 saturated carbocycles. The van der Waals surface area contributed by atoms with Crippen LogP contribution in [-0.2, 0) is 9.59 Å². The van der Waals surface area contributed by atoms with Gasteiger partial charge in [-0.15, -0.1) is 0 Å². The predicted molar refractivity (Wildman–Crippen MR) is 69.5 cm³/mol. The topological polar surface area (TPSA) is 95.7 Å². The largest absolute Gasteiger partial charge is 0.443 e. The number of oxazole rings is 1. The minimum Gasteiger partial charge on any atom is -0.443 e. The van der Waals surface area contributed by atoms with Crippen molar-refractivity contribution < 1.29 is 19.1 Å². The van der Waals surface area contributed by atoms with Crippen molar-refractivity contribution in [1.29, 1.82) is 0 Å². The number of benzene rings is 1. The van der Waals surface area contributed by atoms with E-state index in [2.05, 4.69) is 10.3 Å². The maximum absolute atomic E-state index is 12.0. The van der Waals surface area contributed by atoms with Gasteiger partial charge in [-0.2, -0.15) is 0 Å². The average molecular weight is 273 g/mol. The second-order valence-electron chi connectivity index (χ2n) is 4.21. The number of amides is 2. The molecule has 102 valence electrons. The van der Waals surface area contributed by atoms with Gasteiger partial charge in [0.2, 0.25) is 0 Å². The van der Waals surface area contributed by atoms with E-state index >= 15 is 0 Å². The number of aliphatic hydroxyl groups excluding tert-OH is 1. The van der Waals surface area contributed by atoms with Crippen LogP contribution in [0.4, 0.5) is 5.69 Å². The molecule has 0 radical (unpaired) electrons. The van der Waals surface area contributed by atoms with Gasteiger partial charge in [0.1, 0.15) is 11.2 Å². The molecule has 1 aliphatic rings. The van der Waals surface area contributed by atoms with Crippen molar-refractivity contribution in [3.63, 3.8) is 0 Å². The zero-order chi connectivity index (χ0) is 14.1. The summed E-state index contributed by atoms with van der Waals surface area (Å²) in [4.78, 5) is 28.7. The molecule has 7 heteroatoms. The Morgan fingerprint density at radius 2 is 2.20 bits per heavy atom. The van der Waals surface area contributed by atoms with Gasteiger partial charge < -0.3 is 14.8 Å². The summed E-state index contributed by atoms with van der Waals surface area (Å²) >= 11 is 0. The average Bonchev–Trinajstić information content (AvgIpc) is 3.00. The fourth-order valence-electron chi connectivity index (χ4n) is 2.04. The molecule has 3 rings (SSSR count). The Kier molecular flexibility index (Phi) is 2.96. The molecule has 0 unspecified atom stereocenters. The predicted octanol–water partition coefficient (Wildman–Crippen LogP) is 0.485. The molecule has 2 amide bonds. The first-order valence-electron chi connectivity index (χ1n) is 5.98. The van der Waals surface area contributed by atoms with Gasteiger partial charge in [-0.1, -0.05) is 6.07 Å². The summed E-state index contributed by atoms with van der Waals surface area (Å²) in [6, 6.07) is 5.24. The van der Waals surface area contributed by atoms with E-state index in [0.717, 1.165) is 4.90 Å². The first-order valence-corrected chi connectivity index (χ1v) is 5.98. The fourth-order valence-corrected chi connectivity index (χ4v) is 2.04. The molecule has 1 aromatic carbocycles. The molecule has 7 nitrogen and oxygen atoms in total. The van der Waals surface area contributed by atoms with Crippen LogP contribution in [0.5, 0.6) is 0 Å². The highest BCUT2D eigenvalue weighted by Crippen LogP contribution is 2.24. The number of para-hydroxylation sites is 1. The van der Waals surface area contributed by atoms with Crippen molar-refractivity contribution >= 4 is 28.6 Å². The summed E-state index contributed by atoms with van der Waals surface area (Å²) in [5.41, 5.74) is 1.89. The van der Waals surface area contributed by atoms with Gasteiger partial charge in [0.25, 0.3) is 11.8 Å². The van der Waals surface area contributed by atoms with E-state index < -0.39 is 11.8 Å². The van der Waals surface area contributed by atoms with Crippen molar-refractivity contribution in [2.75, 3.05) is 18.5 Å². The van der Waals surface area contributed by atoms with Crippen LogP contribution < -0.4 is 5.32 Å². The zero-order valence-corrected chi connectivity index (χ0v) is 10.4. The molecule has 20 heavy (non-hydrogen) atoms. The summed E-state index contributed by atoms with van der Waals surface area (Å²) < 4.78 is 5.16. The molecule has 0 spiro atoms. The van der Waals surface area contributed by atoms with Crippen LogP contribution in [0.3, 0.4) is 0 Å². The minimum absolute atomic E-state index is 0.0203. The van der Waals surface area contributed by atoms with Crippen LogP contribution in [0.1, 0.15) is 0 Å². The quantitative estimate of drug-likeness (QED) is 0.787. The highest BCUT2D eigenvalue weighted by atomic mass is 16.3. The summed E-state index contributed by atoms with van der Waals surface area (Å²) in [5, 5.41) is 11.7. The van der Waals surface area contributed by atoms with E-state index in [4.69, 9.17) is 9.52 Å². The third kappa shape index (κ3) is 1.94. The molecule has 0 bridgehead atoms. The highest BCUT2D eigenvalue weighted by Gasteiger charge is 2.30. The second-order valence-corrected chi connectivity index (χ2v) is 4.21. The van der Waals surface area contributed by atoms with Gasteiger partial charge in [-0.05, 0) is 12.1 Å². The van der Waals surface area contributed by atoms with E-state index in [9.17, 15) is 9.59 Å². The van der Waals surface area contributed by atoms with Gasteiger partial charge >= 0.3 is 0 Å². The number of fused-ring (bicyclic) bond motifs is 1. The Balaban J connectivity index is 1.89. The second kappa shape index (κ2) is 4.78. The lowest BCUT2D eigenvalue weighted by Gasteiger charge is -2.13. The molecule has 1 aromatic heterocycles. The van der Waals surface area contributed by atoms with Crippen molar-refractivity contribution in [2.45, 2.75) is 0 Å².